The Labute approximate surface area is 208 Å². The molecule has 0 aromatic carbocycles. The first-order chi connectivity index (χ1) is 15.4. The normalized spacial score (nSPS) is 18.6. The Balaban J connectivity index is 2.86. The monoisotopic (exact) mass is 499 g/mol. The average Bonchev–Trinajstić information content (AvgIpc) is 2.87. The molecule has 0 bridgehead atoms. The molecule has 1 fully saturated rings. The van der Waals surface area contributed by atoms with Crippen molar-refractivity contribution >= 4 is 42.3 Å². The lowest BCUT2D eigenvalue weighted by molar-refractivity contribution is -0.134. The molecule has 0 aliphatic carbocycles. The lowest BCUT2D eigenvalue weighted by Crippen LogP contribution is -2.58. The van der Waals surface area contributed by atoms with Crippen LogP contribution >= 0.6 is 12.6 Å². The highest BCUT2D eigenvalue weighted by Crippen LogP contribution is 2.26. The van der Waals surface area contributed by atoms with E-state index in [0.29, 0.717) is 6.42 Å². The van der Waals surface area contributed by atoms with Crippen LogP contribution in [0.3, 0.4) is 0 Å². The molecule has 1 unspecified atom stereocenters. The molecule has 6 amide bonds. The number of carbonyl (C=O) groups is 5. The van der Waals surface area contributed by atoms with Crippen LogP contribution in [0.2, 0.25) is 0 Å². The van der Waals surface area contributed by atoms with Crippen LogP contribution in [-0.4, -0.2) is 83.0 Å². The Bertz CT molecular complexity index is 808. The zero-order valence-corrected chi connectivity index (χ0v) is 22.7. The molecule has 1 aliphatic rings. The molecule has 3 N–H and O–H groups in total. The largest absolute Gasteiger partial charge is 0.357 e. The van der Waals surface area contributed by atoms with Gasteiger partial charge in [-0.3, -0.25) is 24.1 Å². The van der Waals surface area contributed by atoms with Crippen LogP contribution in [0.25, 0.3) is 0 Å². The van der Waals surface area contributed by atoms with Gasteiger partial charge in [-0.25, -0.2) is 4.79 Å². The van der Waals surface area contributed by atoms with Gasteiger partial charge in [0.15, 0.2) is 0 Å². The van der Waals surface area contributed by atoms with E-state index in [1.807, 2.05) is 34.6 Å². The summed E-state index contributed by atoms with van der Waals surface area (Å²) in [5.74, 6) is -1.50. The van der Waals surface area contributed by atoms with Gasteiger partial charge in [-0.2, -0.15) is 12.6 Å². The van der Waals surface area contributed by atoms with Gasteiger partial charge in [-0.15, -0.1) is 0 Å². The number of urea groups is 1. The number of hydrogen-bond acceptors (Lipinski definition) is 6. The molecular weight excluding hydrogens is 458 g/mol. The second kappa shape index (κ2) is 11.4. The molecular formula is C23H41N5O5S. The van der Waals surface area contributed by atoms with E-state index < -0.39 is 46.1 Å². The van der Waals surface area contributed by atoms with E-state index in [-0.39, 0.29) is 30.7 Å². The van der Waals surface area contributed by atoms with Crippen LogP contribution in [0.1, 0.15) is 61.3 Å². The molecule has 0 spiro atoms. The number of amides is 6. The topological polar surface area (TPSA) is 128 Å². The van der Waals surface area contributed by atoms with Gasteiger partial charge in [0.2, 0.25) is 17.7 Å². The quantitative estimate of drug-likeness (QED) is 0.265. The highest BCUT2D eigenvalue weighted by molar-refractivity contribution is 7.81. The third-order valence-electron chi connectivity index (χ3n) is 6.05. The van der Waals surface area contributed by atoms with Crippen LogP contribution in [0.4, 0.5) is 4.79 Å². The molecule has 34 heavy (non-hydrogen) atoms. The molecule has 0 aromatic rings. The number of hydrogen-bond donors (Lipinski definition) is 4. The summed E-state index contributed by atoms with van der Waals surface area (Å²) in [6.07, 6.45) is 0.500. The second-order valence-electron chi connectivity index (χ2n) is 10.8. The summed E-state index contributed by atoms with van der Waals surface area (Å²) in [6.45, 7) is 12.7. The smallest absolute Gasteiger partial charge is 0.327 e. The number of likely N-dealkylation sites (N-methyl/N-ethyl adjacent to an activating group) is 2. The number of nitrogens with zero attached hydrogens (tertiary/aromatic N) is 2. The van der Waals surface area contributed by atoms with Crippen LogP contribution < -0.4 is 16.0 Å². The van der Waals surface area contributed by atoms with Crippen LogP contribution in [0, 0.1) is 11.3 Å². The van der Waals surface area contributed by atoms with Crippen molar-refractivity contribution in [2.45, 2.75) is 84.2 Å². The molecule has 0 radical (unpaired) electrons. The fourth-order valence-electron chi connectivity index (χ4n) is 3.59. The minimum Gasteiger partial charge on any atom is -0.357 e. The Morgan fingerprint density at radius 1 is 1.03 bits per heavy atom. The van der Waals surface area contributed by atoms with Crippen LogP contribution in [-0.2, 0) is 19.2 Å². The Morgan fingerprint density at radius 2 is 1.59 bits per heavy atom. The number of rotatable bonds is 10. The summed E-state index contributed by atoms with van der Waals surface area (Å²) in [5.41, 5.74) is -1.48. The van der Waals surface area contributed by atoms with Crippen molar-refractivity contribution in [2.75, 3.05) is 20.6 Å². The molecule has 1 rings (SSSR count). The molecule has 1 saturated heterocycles. The second-order valence-corrected chi connectivity index (χ2v) is 11.4. The molecule has 3 atom stereocenters. The maximum absolute atomic E-state index is 13.0. The van der Waals surface area contributed by atoms with Crippen molar-refractivity contribution in [3.8, 4) is 0 Å². The molecule has 0 aromatic heterocycles. The SMILES string of the molecule is CNC(=O)C(NC(=O)[C@H](CC(C)C)NC(=O)[C@H](S)CCN1C(=O)N(C)C(C)(C)C1=O)C(C)(C)C. The Hall–Kier alpha value is -2.30. The summed E-state index contributed by atoms with van der Waals surface area (Å²) in [4.78, 5) is 65.6. The predicted octanol–water partition coefficient (Wildman–Crippen LogP) is 1.16. The predicted molar refractivity (Wildman–Crippen MR) is 133 cm³/mol. The molecule has 1 heterocycles. The minimum absolute atomic E-state index is 0.0385. The molecule has 11 heteroatoms. The fraction of sp³-hybridized carbons (Fsp3) is 0.783. The van der Waals surface area contributed by atoms with Crippen LogP contribution in [0.15, 0.2) is 0 Å². The lowest BCUT2D eigenvalue weighted by atomic mass is 9.85. The minimum atomic E-state index is -0.944. The Morgan fingerprint density at radius 3 is 2.00 bits per heavy atom. The van der Waals surface area contributed by atoms with E-state index in [1.165, 1.54) is 11.9 Å². The van der Waals surface area contributed by atoms with Crippen LogP contribution in [0.5, 0.6) is 0 Å². The van der Waals surface area contributed by atoms with E-state index in [0.717, 1.165) is 4.90 Å². The van der Waals surface area contributed by atoms with Crippen molar-refractivity contribution in [3.05, 3.63) is 0 Å². The fourth-order valence-corrected chi connectivity index (χ4v) is 3.78. The van der Waals surface area contributed by atoms with Gasteiger partial charge in [0.05, 0.1) is 5.25 Å². The highest BCUT2D eigenvalue weighted by Gasteiger charge is 2.49. The first kappa shape index (κ1) is 29.7. The summed E-state index contributed by atoms with van der Waals surface area (Å²) in [5, 5.41) is 7.21. The van der Waals surface area contributed by atoms with E-state index in [4.69, 9.17) is 0 Å². The number of nitrogens with one attached hydrogen (secondary N) is 3. The van der Waals surface area contributed by atoms with Gasteiger partial charge in [-0.05, 0) is 38.0 Å². The third kappa shape index (κ3) is 7.10. The first-order valence-corrected chi connectivity index (χ1v) is 12.1. The molecule has 10 nitrogen and oxygen atoms in total. The molecule has 0 saturated carbocycles. The summed E-state index contributed by atoms with van der Waals surface area (Å²) in [6, 6.07) is -2.07. The average molecular weight is 500 g/mol. The van der Waals surface area contributed by atoms with Gasteiger partial charge in [0.1, 0.15) is 17.6 Å². The Kier molecular flexibility index (Phi) is 9.98. The van der Waals surface area contributed by atoms with Gasteiger partial charge >= 0.3 is 6.03 Å². The van der Waals surface area contributed by atoms with Crippen molar-refractivity contribution in [1.29, 1.82) is 0 Å². The maximum atomic E-state index is 13.0. The standard InChI is InChI=1S/C23H41N5O5S/c1-13(2)12-14(17(29)26-16(19(31)24-8)22(3,4)5)25-18(30)15(34)10-11-28-20(32)23(6,7)27(9)21(28)33/h13-16,34H,10-12H2,1-9H3,(H,24,31)(H,25,30)(H,26,29)/t14-,15+,16?/m0/s1. The van der Waals surface area contributed by atoms with E-state index in [1.54, 1.807) is 20.9 Å². The van der Waals surface area contributed by atoms with E-state index in [2.05, 4.69) is 28.6 Å². The molecule has 194 valence electrons. The van der Waals surface area contributed by atoms with Gasteiger partial charge < -0.3 is 20.9 Å². The van der Waals surface area contributed by atoms with Crippen molar-refractivity contribution in [1.82, 2.24) is 25.8 Å². The van der Waals surface area contributed by atoms with Crippen molar-refractivity contribution in [3.63, 3.8) is 0 Å². The van der Waals surface area contributed by atoms with Gasteiger partial charge in [0.25, 0.3) is 5.91 Å². The zero-order chi connectivity index (χ0) is 26.6. The molecule has 1 aliphatic heterocycles. The zero-order valence-electron chi connectivity index (χ0n) is 21.8. The number of imide groups is 1. The van der Waals surface area contributed by atoms with Crippen molar-refractivity contribution < 1.29 is 24.0 Å². The summed E-state index contributed by atoms with van der Waals surface area (Å²) >= 11 is 4.35. The number of carbonyl (C=O) groups excluding carboxylic acids is 5. The first-order valence-electron chi connectivity index (χ1n) is 11.5. The highest BCUT2D eigenvalue weighted by atomic mass is 32.1. The van der Waals surface area contributed by atoms with Crippen molar-refractivity contribution in [2.24, 2.45) is 11.3 Å². The maximum Gasteiger partial charge on any atom is 0.327 e. The number of thiol groups is 1. The summed E-state index contributed by atoms with van der Waals surface area (Å²) in [7, 11) is 3.06. The summed E-state index contributed by atoms with van der Waals surface area (Å²) < 4.78 is 0. The van der Waals surface area contributed by atoms with Gasteiger partial charge in [0, 0.05) is 20.6 Å². The lowest BCUT2D eigenvalue weighted by Gasteiger charge is -2.32. The van der Waals surface area contributed by atoms with E-state index >= 15 is 0 Å². The third-order valence-corrected chi connectivity index (χ3v) is 6.55. The van der Waals surface area contributed by atoms with Gasteiger partial charge in [-0.1, -0.05) is 34.6 Å². The van der Waals surface area contributed by atoms with E-state index in [9.17, 15) is 24.0 Å².